The second kappa shape index (κ2) is 6.64. The molecule has 4 rings (SSSR count). The molecule has 7 nitrogen and oxygen atoms in total. The molecule has 7 heteroatoms. The maximum absolute atomic E-state index is 12.2. The molecule has 0 saturated heterocycles. The number of nitrogens with zero attached hydrogens (tertiary/aromatic N) is 2. The van der Waals surface area contributed by atoms with E-state index in [1.165, 1.54) is 0 Å². The number of rotatable bonds is 4. The van der Waals surface area contributed by atoms with Crippen LogP contribution in [0.2, 0.25) is 0 Å². The van der Waals surface area contributed by atoms with Crippen molar-refractivity contribution >= 4 is 11.9 Å². The smallest absolute Gasteiger partial charge is 0.231 e. The summed E-state index contributed by atoms with van der Waals surface area (Å²) in [6, 6.07) is 15.1. The van der Waals surface area contributed by atoms with Gasteiger partial charge in [-0.25, -0.2) is 0 Å². The largest absolute Gasteiger partial charge is 0.486 e. The van der Waals surface area contributed by atoms with Crippen LogP contribution in [0.1, 0.15) is 5.56 Å². The van der Waals surface area contributed by atoms with Gasteiger partial charge in [-0.05, 0) is 17.7 Å². The highest BCUT2D eigenvalue weighted by Gasteiger charge is 2.14. The predicted molar refractivity (Wildman–Crippen MR) is 91.6 cm³/mol. The number of benzene rings is 2. The van der Waals surface area contributed by atoms with Gasteiger partial charge in [0, 0.05) is 5.56 Å². The van der Waals surface area contributed by atoms with E-state index in [4.69, 9.17) is 9.47 Å². The molecule has 3 aromatic rings. The molecule has 1 aliphatic heterocycles. The number of ether oxygens (including phenoxy) is 2. The van der Waals surface area contributed by atoms with Crippen LogP contribution in [0.15, 0.2) is 48.5 Å². The third-order valence-electron chi connectivity index (χ3n) is 3.76. The van der Waals surface area contributed by atoms with Gasteiger partial charge in [0.05, 0.1) is 6.42 Å². The van der Waals surface area contributed by atoms with Gasteiger partial charge in [0.2, 0.25) is 11.9 Å². The van der Waals surface area contributed by atoms with Crippen molar-refractivity contribution in [3.05, 3.63) is 54.1 Å². The zero-order chi connectivity index (χ0) is 17.1. The van der Waals surface area contributed by atoms with E-state index in [-0.39, 0.29) is 12.3 Å². The van der Waals surface area contributed by atoms with E-state index in [1.54, 1.807) is 0 Å². The van der Waals surface area contributed by atoms with Crippen molar-refractivity contribution in [3.63, 3.8) is 0 Å². The Kier molecular flexibility index (Phi) is 4.04. The Morgan fingerprint density at radius 2 is 1.84 bits per heavy atom. The van der Waals surface area contributed by atoms with Gasteiger partial charge < -0.3 is 14.5 Å². The molecule has 0 aliphatic carbocycles. The zero-order valence-electron chi connectivity index (χ0n) is 13.4. The summed E-state index contributed by atoms with van der Waals surface area (Å²) >= 11 is 0. The van der Waals surface area contributed by atoms with Crippen molar-refractivity contribution in [2.45, 2.75) is 6.42 Å². The van der Waals surface area contributed by atoms with Crippen molar-refractivity contribution in [2.24, 2.45) is 0 Å². The molecule has 1 aliphatic rings. The highest BCUT2D eigenvalue weighted by atomic mass is 16.6. The van der Waals surface area contributed by atoms with E-state index < -0.39 is 0 Å². The number of carbonyl (C=O) groups is 1. The molecular weight excluding hydrogens is 320 g/mol. The Balaban J connectivity index is 1.42. The van der Waals surface area contributed by atoms with Gasteiger partial charge >= 0.3 is 0 Å². The quantitative estimate of drug-likeness (QED) is 0.764. The molecule has 25 heavy (non-hydrogen) atoms. The Labute approximate surface area is 144 Å². The van der Waals surface area contributed by atoms with Crippen LogP contribution in [0, 0.1) is 0 Å². The lowest BCUT2D eigenvalue weighted by Crippen LogP contribution is -2.17. The minimum absolute atomic E-state index is 0.188. The Morgan fingerprint density at radius 1 is 1.04 bits per heavy atom. The molecule has 2 heterocycles. The van der Waals surface area contributed by atoms with Crippen LogP contribution in [-0.2, 0) is 11.2 Å². The first kappa shape index (κ1) is 15.2. The van der Waals surface area contributed by atoms with E-state index in [0.29, 0.717) is 36.5 Å². The summed E-state index contributed by atoms with van der Waals surface area (Å²) in [5.74, 6) is 2.12. The average Bonchev–Trinajstić information content (AvgIpc) is 3.10. The van der Waals surface area contributed by atoms with Crippen molar-refractivity contribution < 1.29 is 14.3 Å². The fourth-order valence-corrected chi connectivity index (χ4v) is 2.60. The first-order chi connectivity index (χ1) is 12.3. The maximum Gasteiger partial charge on any atom is 0.231 e. The highest BCUT2D eigenvalue weighted by Crippen LogP contribution is 2.30. The van der Waals surface area contributed by atoms with Crippen LogP contribution in [-0.4, -0.2) is 34.3 Å². The molecule has 0 unspecified atom stereocenters. The van der Waals surface area contributed by atoms with Crippen LogP contribution in [0.5, 0.6) is 11.5 Å². The van der Waals surface area contributed by atoms with Crippen molar-refractivity contribution in [2.75, 3.05) is 18.5 Å². The molecule has 0 radical (unpaired) electrons. The summed E-state index contributed by atoms with van der Waals surface area (Å²) in [6.45, 7) is 1.06. The maximum atomic E-state index is 12.2. The van der Waals surface area contributed by atoms with Gasteiger partial charge in [-0.2, -0.15) is 0 Å². The zero-order valence-corrected chi connectivity index (χ0v) is 13.4. The standard InChI is InChI=1S/C18H16N4O3/c23-16(11-12-6-7-14-15(10-12)25-9-8-24-14)19-18-20-17(21-22-18)13-4-2-1-3-5-13/h1-7,10H,8-9,11H2,(H2,19,20,21,22,23). The summed E-state index contributed by atoms with van der Waals surface area (Å²) < 4.78 is 11.0. The first-order valence-corrected chi connectivity index (χ1v) is 7.94. The van der Waals surface area contributed by atoms with Crippen molar-refractivity contribution in [3.8, 4) is 22.9 Å². The van der Waals surface area contributed by atoms with Gasteiger partial charge in [-0.3, -0.25) is 10.1 Å². The highest BCUT2D eigenvalue weighted by molar-refractivity contribution is 5.90. The van der Waals surface area contributed by atoms with Crippen LogP contribution in [0.25, 0.3) is 11.4 Å². The predicted octanol–water partition coefficient (Wildman–Crippen LogP) is 2.42. The van der Waals surface area contributed by atoms with Gasteiger partial charge in [-0.15, -0.1) is 10.2 Å². The van der Waals surface area contributed by atoms with Gasteiger partial charge in [0.15, 0.2) is 17.3 Å². The Bertz CT molecular complexity index is 892. The summed E-state index contributed by atoms with van der Waals surface area (Å²) in [7, 11) is 0. The monoisotopic (exact) mass is 336 g/mol. The number of anilines is 1. The van der Waals surface area contributed by atoms with E-state index in [0.717, 1.165) is 11.1 Å². The van der Waals surface area contributed by atoms with E-state index in [9.17, 15) is 4.79 Å². The van der Waals surface area contributed by atoms with E-state index in [1.807, 2.05) is 48.5 Å². The van der Waals surface area contributed by atoms with Gasteiger partial charge in [-0.1, -0.05) is 36.4 Å². The van der Waals surface area contributed by atoms with Gasteiger partial charge in [0.1, 0.15) is 13.2 Å². The van der Waals surface area contributed by atoms with Crippen LogP contribution in [0.4, 0.5) is 5.95 Å². The Hall–Kier alpha value is -3.35. The van der Waals surface area contributed by atoms with Gasteiger partial charge in [0.25, 0.3) is 0 Å². The number of nitrogens with one attached hydrogen (secondary N) is 2. The normalized spacial score (nSPS) is 12.6. The fourth-order valence-electron chi connectivity index (χ4n) is 2.60. The number of amides is 1. The molecule has 0 saturated carbocycles. The minimum Gasteiger partial charge on any atom is -0.486 e. The topological polar surface area (TPSA) is 89.1 Å². The number of carbonyl (C=O) groups excluding carboxylic acids is 1. The molecule has 1 amide bonds. The molecule has 2 aromatic carbocycles. The number of H-pyrrole nitrogens is 1. The SMILES string of the molecule is O=C(Cc1ccc2c(c1)OCCO2)Nc1nnc(-c2ccccc2)[nH]1. The van der Waals surface area contributed by atoms with Crippen molar-refractivity contribution in [1.29, 1.82) is 0 Å². The summed E-state index contributed by atoms with van der Waals surface area (Å²) in [5, 5.41) is 10.7. The Morgan fingerprint density at radius 3 is 2.68 bits per heavy atom. The number of aromatic amines is 1. The van der Waals surface area contributed by atoms with Crippen molar-refractivity contribution in [1.82, 2.24) is 15.2 Å². The fraction of sp³-hybridized carbons (Fsp3) is 0.167. The lowest BCUT2D eigenvalue weighted by molar-refractivity contribution is -0.115. The average molecular weight is 336 g/mol. The summed E-state index contributed by atoms with van der Waals surface area (Å²) in [4.78, 5) is 15.2. The molecule has 1 aromatic heterocycles. The molecular formula is C18H16N4O3. The number of hydrogen-bond acceptors (Lipinski definition) is 5. The summed E-state index contributed by atoms with van der Waals surface area (Å²) in [6.07, 6.45) is 0.206. The van der Waals surface area contributed by atoms with Crippen LogP contribution < -0.4 is 14.8 Å². The molecule has 0 fully saturated rings. The van der Waals surface area contributed by atoms with E-state index in [2.05, 4.69) is 20.5 Å². The molecule has 0 atom stereocenters. The number of aromatic nitrogens is 3. The number of hydrogen-bond donors (Lipinski definition) is 2. The third-order valence-corrected chi connectivity index (χ3v) is 3.76. The third kappa shape index (κ3) is 3.45. The molecule has 0 bridgehead atoms. The van der Waals surface area contributed by atoms with E-state index >= 15 is 0 Å². The molecule has 126 valence electrons. The summed E-state index contributed by atoms with van der Waals surface area (Å²) in [5.41, 5.74) is 1.74. The first-order valence-electron chi connectivity index (χ1n) is 7.94. The molecule has 0 spiro atoms. The molecule has 2 N–H and O–H groups in total. The lowest BCUT2D eigenvalue weighted by Gasteiger charge is -2.18. The van der Waals surface area contributed by atoms with Crippen LogP contribution >= 0.6 is 0 Å². The second-order valence-electron chi connectivity index (χ2n) is 5.59. The lowest BCUT2D eigenvalue weighted by atomic mass is 10.1. The number of fused-ring (bicyclic) bond motifs is 1. The second-order valence-corrected chi connectivity index (χ2v) is 5.59. The van der Waals surface area contributed by atoms with Crippen LogP contribution in [0.3, 0.4) is 0 Å². The minimum atomic E-state index is -0.188.